The SMILES string of the molecule is C#CCCC#CC(=O)C=C. The molecule has 0 N–H and O–H groups in total. The number of ketones is 1. The summed E-state index contributed by atoms with van der Waals surface area (Å²) in [5.74, 6) is 7.16. The van der Waals surface area contributed by atoms with Crippen molar-refractivity contribution < 1.29 is 4.79 Å². The smallest absolute Gasteiger partial charge is 0.228 e. The van der Waals surface area contributed by atoms with E-state index < -0.39 is 0 Å². The largest absolute Gasteiger partial charge is 0.280 e. The molecule has 0 radical (unpaired) electrons. The van der Waals surface area contributed by atoms with Crippen LogP contribution in [0.5, 0.6) is 0 Å². The minimum atomic E-state index is -0.253. The Morgan fingerprint density at radius 3 is 2.80 bits per heavy atom. The quantitative estimate of drug-likeness (QED) is 0.238. The molecule has 10 heavy (non-hydrogen) atoms. The monoisotopic (exact) mass is 132 g/mol. The van der Waals surface area contributed by atoms with Crippen molar-refractivity contribution in [2.75, 3.05) is 0 Å². The van der Waals surface area contributed by atoms with E-state index in [-0.39, 0.29) is 5.78 Å². The van der Waals surface area contributed by atoms with Crippen LogP contribution in [0.3, 0.4) is 0 Å². The Morgan fingerprint density at radius 1 is 1.60 bits per heavy atom. The number of hydrogen-bond donors (Lipinski definition) is 0. The molecule has 0 aromatic carbocycles. The number of terminal acetylenes is 1. The van der Waals surface area contributed by atoms with Crippen LogP contribution in [-0.2, 0) is 4.79 Å². The third kappa shape index (κ3) is 4.68. The summed E-state index contributed by atoms with van der Waals surface area (Å²) in [7, 11) is 0. The van der Waals surface area contributed by atoms with Crippen molar-refractivity contribution in [2.24, 2.45) is 0 Å². The van der Waals surface area contributed by atoms with Gasteiger partial charge in [0, 0.05) is 12.8 Å². The van der Waals surface area contributed by atoms with Crippen molar-refractivity contribution in [3.63, 3.8) is 0 Å². The van der Waals surface area contributed by atoms with E-state index in [2.05, 4.69) is 24.3 Å². The average Bonchev–Trinajstić information content (AvgIpc) is 1.98. The molecule has 1 nitrogen and oxygen atoms in total. The molecular formula is C9H8O. The molecule has 0 aliphatic heterocycles. The zero-order valence-corrected chi connectivity index (χ0v) is 5.68. The lowest BCUT2D eigenvalue weighted by molar-refractivity contribution is -0.109. The second-order valence-corrected chi connectivity index (χ2v) is 1.57. The predicted molar refractivity (Wildman–Crippen MR) is 41.0 cm³/mol. The molecule has 0 aliphatic rings. The highest BCUT2D eigenvalue weighted by molar-refractivity contribution is 6.03. The summed E-state index contributed by atoms with van der Waals surface area (Å²) in [6.07, 6.45) is 7.31. The maximum Gasteiger partial charge on any atom is 0.228 e. The van der Waals surface area contributed by atoms with Crippen LogP contribution in [-0.4, -0.2) is 5.78 Å². The zero-order valence-electron chi connectivity index (χ0n) is 5.68. The first-order valence-electron chi connectivity index (χ1n) is 2.90. The maximum absolute atomic E-state index is 10.4. The Labute approximate surface area is 61.1 Å². The average molecular weight is 132 g/mol. The van der Waals surface area contributed by atoms with Crippen LogP contribution in [0, 0.1) is 24.2 Å². The van der Waals surface area contributed by atoms with E-state index in [1.807, 2.05) is 0 Å². The molecule has 0 unspecified atom stereocenters. The molecular weight excluding hydrogens is 124 g/mol. The predicted octanol–water partition coefficient (Wildman–Crippen LogP) is 1.16. The van der Waals surface area contributed by atoms with Gasteiger partial charge in [-0.3, -0.25) is 4.79 Å². The van der Waals surface area contributed by atoms with E-state index in [1.54, 1.807) is 0 Å². The Bertz CT molecular complexity index is 219. The van der Waals surface area contributed by atoms with Crippen LogP contribution in [0.15, 0.2) is 12.7 Å². The first kappa shape index (κ1) is 8.53. The van der Waals surface area contributed by atoms with Crippen LogP contribution in [0.2, 0.25) is 0 Å². The van der Waals surface area contributed by atoms with Gasteiger partial charge in [0.2, 0.25) is 5.78 Å². The van der Waals surface area contributed by atoms with E-state index in [0.29, 0.717) is 12.8 Å². The van der Waals surface area contributed by atoms with Gasteiger partial charge < -0.3 is 0 Å². The first-order valence-corrected chi connectivity index (χ1v) is 2.90. The molecule has 1 heteroatoms. The van der Waals surface area contributed by atoms with E-state index in [1.165, 1.54) is 6.08 Å². The summed E-state index contributed by atoms with van der Waals surface area (Å²) >= 11 is 0. The summed E-state index contributed by atoms with van der Waals surface area (Å²) in [5.41, 5.74) is 0. The normalized spacial score (nSPS) is 6.70. The third-order valence-corrected chi connectivity index (χ3v) is 0.791. The van der Waals surface area contributed by atoms with Crippen molar-refractivity contribution >= 4 is 5.78 Å². The molecule has 0 aromatic rings. The van der Waals surface area contributed by atoms with Gasteiger partial charge in [-0.1, -0.05) is 12.5 Å². The maximum atomic E-state index is 10.4. The highest BCUT2D eigenvalue weighted by atomic mass is 16.1. The van der Waals surface area contributed by atoms with Crippen LogP contribution in [0.25, 0.3) is 0 Å². The summed E-state index contributed by atoms with van der Waals surface area (Å²) in [4.78, 5) is 10.4. The Morgan fingerprint density at radius 2 is 2.30 bits per heavy atom. The Hall–Kier alpha value is -1.47. The van der Waals surface area contributed by atoms with Gasteiger partial charge in [0.25, 0.3) is 0 Å². The first-order chi connectivity index (χ1) is 4.81. The standard InChI is InChI=1S/C9H8O/c1-3-5-6-7-8-9(10)4-2/h1,4H,2,5-6H2. The molecule has 0 amide bonds. The van der Waals surface area contributed by atoms with Crippen LogP contribution in [0.4, 0.5) is 0 Å². The number of carbonyl (C=O) groups is 1. The highest BCUT2D eigenvalue weighted by Crippen LogP contribution is 1.81. The second-order valence-electron chi connectivity index (χ2n) is 1.57. The van der Waals surface area contributed by atoms with Gasteiger partial charge in [-0.25, -0.2) is 0 Å². The molecule has 0 aliphatic carbocycles. The number of unbranched alkanes of at least 4 members (excludes halogenated alkanes) is 1. The van der Waals surface area contributed by atoms with Gasteiger partial charge in [-0.2, -0.15) is 0 Å². The van der Waals surface area contributed by atoms with Gasteiger partial charge in [-0.05, 0) is 12.0 Å². The number of carbonyl (C=O) groups excluding carboxylic acids is 1. The van der Waals surface area contributed by atoms with Crippen molar-refractivity contribution in [1.82, 2.24) is 0 Å². The van der Waals surface area contributed by atoms with Gasteiger partial charge in [0.15, 0.2) is 0 Å². The molecule has 0 rings (SSSR count). The molecule has 0 saturated carbocycles. The summed E-state index contributed by atoms with van der Waals surface area (Å²) in [6.45, 7) is 3.27. The topological polar surface area (TPSA) is 17.1 Å². The number of hydrogen-bond acceptors (Lipinski definition) is 1. The lowest BCUT2D eigenvalue weighted by atomic mass is 10.3. The van der Waals surface area contributed by atoms with E-state index in [9.17, 15) is 4.79 Å². The van der Waals surface area contributed by atoms with Gasteiger partial charge in [-0.15, -0.1) is 12.3 Å². The number of allylic oxidation sites excluding steroid dienone is 1. The molecule has 0 fully saturated rings. The Balaban J connectivity index is 3.61. The molecule has 0 spiro atoms. The van der Waals surface area contributed by atoms with Gasteiger partial charge >= 0.3 is 0 Å². The van der Waals surface area contributed by atoms with Gasteiger partial charge in [0.05, 0.1) is 0 Å². The molecule has 0 heterocycles. The summed E-state index contributed by atoms with van der Waals surface area (Å²) in [6, 6.07) is 0. The summed E-state index contributed by atoms with van der Waals surface area (Å²) in [5, 5.41) is 0. The fourth-order valence-electron chi connectivity index (χ4n) is 0.335. The highest BCUT2D eigenvalue weighted by Gasteiger charge is 1.81. The summed E-state index contributed by atoms with van der Waals surface area (Å²) < 4.78 is 0. The Kier molecular flexibility index (Phi) is 4.83. The molecule has 0 bridgehead atoms. The van der Waals surface area contributed by atoms with Crippen molar-refractivity contribution in [3.05, 3.63) is 12.7 Å². The van der Waals surface area contributed by atoms with Crippen molar-refractivity contribution in [3.8, 4) is 24.2 Å². The van der Waals surface area contributed by atoms with Crippen molar-refractivity contribution in [2.45, 2.75) is 12.8 Å². The third-order valence-electron chi connectivity index (χ3n) is 0.791. The van der Waals surface area contributed by atoms with Crippen LogP contribution >= 0.6 is 0 Å². The van der Waals surface area contributed by atoms with Crippen molar-refractivity contribution in [1.29, 1.82) is 0 Å². The second kappa shape index (κ2) is 5.66. The fraction of sp³-hybridized carbons (Fsp3) is 0.222. The lowest BCUT2D eigenvalue weighted by Crippen LogP contribution is -1.82. The molecule has 0 saturated heterocycles. The molecule has 50 valence electrons. The van der Waals surface area contributed by atoms with Crippen LogP contribution in [0.1, 0.15) is 12.8 Å². The molecule has 0 atom stereocenters. The minimum Gasteiger partial charge on any atom is -0.280 e. The van der Waals surface area contributed by atoms with E-state index >= 15 is 0 Å². The minimum absolute atomic E-state index is 0.253. The number of rotatable bonds is 2. The van der Waals surface area contributed by atoms with Gasteiger partial charge in [0.1, 0.15) is 0 Å². The molecule has 0 aromatic heterocycles. The zero-order chi connectivity index (χ0) is 7.82. The van der Waals surface area contributed by atoms with E-state index in [4.69, 9.17) is 6.42 Å². The lowest BCUT2D eigenvalue weighted by Gasteiger charge is -1.75. The fourth-order valence-corrected chi connectivity index (χ4v) is 0.335. The van der Waals surface area contributed by atoms with Crippen LogP contribution < -0.4 is 0 Å². The van der Waals surface area contributed by atoms with E-state index in [0.717, 1.165) is 0 Å².